The smallest absolute Gasteiger partial charge is 0.341 e. The summed E-state index contributed by atoms with van der Waals surface area (Å²) in [7, 11) is -0.897. The zero-order chi connectivity index (χ0) is 20.9. The van der Waals surface area contributed by atoms with Crippen LogP contribution in [0.25, 0.3) is 0 Å². The number of nitrogens with zero attached hydrogens (tertiary/aromatic N) is 2. The van der Waals surface area contributed by atoms with Crippen LogP contribution in [0.5, 0.6) is 0 Å². The lowest BCUT2D eigenvalue weighted by Gasteiger charge is -2.30. The minimum atomic E-state index is -3.73. The zero-order valence-electron chi connectivity index (χ0n) is 16.6. The minimum Gasteiger partial charge on any atom is -0.449 e. The number of anilines is 1. The zero-order valence-corrected chi connectivity index (χ0v) is 17.4. The molecule has 10 heteroatoms. The first-order valence-corrected chi connectivity index (χ1v) is 10.5. The second kappa shape index (κ2) is 9.35. The Morgan fingerprint density at radius 1 is 1.29 bits per heavy atom. The lowest BCUT2D eigenvalue weighted by atomic mass is 10.1. The minimum absolute atomic E-state index is 0.0212. The number of rotatable bonds is 7. The molecule has 1 saturated heterocycles. The van der Waals surface area contributed by atoms with Crippen molar-refractivity contribution in [2.24, 2.45) is 0 Å². The number of sulfonamides is 1. The Bertz CT molecular complexity index is 819. The highest BCUT2D eigenvalue weighted by Crippen LogP contribution is 2.27. The highest BCUT2D eigenvalue weighted by molar-refractivity contribution is 7.89. The number of esters is 1. The number of carbonyl (C=O) groups is 2. The van der Waals surface area contributed by atoms with Crippen molar-refractivity contribution in [3.63, 3.8) is 0 Å². The number of hydrogen-bond acceptors (Lipinski definition) is 7. The van der Waals surface area contributed by atoms with E-state index in [-0.39, 0.29) is 10.5 Å². The maximum atomic E-state index is 12.8. The van der Waals surface area contributed by atoms with Crippen LogP contribution >= 0.6 is 0 Å². The molecule has 0 aliphatic carbocycles. The van der Waals surface area contributed by atoms with Gasteiger partial charge in [0.05, 0.1) is 29.4 Å². The fourth-order valence-corrected chi connectivity index (χ4v) is 3.65. The number of ether oxygens (including phenoxy) is 2. The molecule has 9 nitrogen and oxygen atoms in total. The standard InChI is InChI=1S/C18H27N3O6S/c1-5-19-17(22)13(2)27-18(23)15-12-14(28(24,25)20(3)4)6-7-16(15)21-8-10-26-11-9-21/h6-7,12-13H,5,8-11H2,1-4H3,(H,19,22)/t13-/m0/s1. The number of morpholine rings is 1. The Labute approximate surface area is 165 Å². The summed E-state index contributed by atoms with van der Waals surface area (Å²) in [5.41, 5.74) is 0.648. The Hall–Kier alpha value is -2.17. The van der Waals surface area contributed by atoms with E-state index in [9.17, 15) is 18.0 Å². The van der Waals surface area contributed by atoms with Crippen molar-refractivity contribution in [3.05, 3.63) is 23.8 Å². The molecule has 1 heterocycles. The van der Waals surface area contributed by atoms with E-state index in [1.807, 2.05) is 4.90 Å². The number of nitrogens with one attached hydrogen (secondary N) is 1. The normalized spacial score (nSPS) is 16.0. The third kappa shape index (κ3) is 5.00. The van der Waals surface area contributed by atoms with Gasteiger partial charge in [-0.05, 0) is 32.0 Å². The molecule has 1 aromatic rings. The van der Waals surface area contributed by atoms with Crippen LogP contribution in [0.3, 0.4) is 0 Å². The Kier molecular flexibility index (Phi) is 7.39. The molecule has 28 heavy (non-hydrogen) atoms. The fourth-order valence-electron chi connectivity index (χ4n) is 2.73. The Morgan fingerprint density at radius 3 is 2.50 bits per heavy atom. The van der Waals surface area contributed by atoms with Gasteiger partial charge in [0.15, 0.2) is 6.10 Å². The number of amides is 1. The molecular weight excluding hydrogens is 386 g/mol. The molecule has 0 spiro atoms. The van der Waals surface area contributed by atoms with Gasteiger partial charge in [0.1, 0.15) is 0 Å². The van der Waals surface area contributed by atoms with Crippen LogP contribution in [0, 0.1) is 0 Å². The molecule has 1 N–H and O–H groups in total. The first kappa shape index (κ1) is 22.1. The van der Waals surface area contributed by atoms with E-state index in [4.69, 9.17) is 9.47 Å². The topological polar surface area (TPSA) is 105 Å². The predicted molar refractivity (Wildman–Crippen MR) is 104 cm³/mol. The highest BCUT2D eigenvalue weighted by atomic mass is 32.2. The third-order valence-corrected chi connectivity index (χ3v) is 6.13. The van der Waals surface area contributed by atoms with Crippen LogP contribution in [0.2, 0.25) is 0 Å². The molecule has 1 aliphatic heterocycles. The van der Waals surface area contributed by atoms with E-state index < -0.39 is 28.0 Å². The second-order valence-electron chi connectivity index (χ2n) is 6.51. The van der Waals surface area contributed by atoms with Gasteiger partial charge in [0.25, 0.3) is 5.91 Å². The van der Waals surface area contributed by atoms with E-state index in [0.29, 0.717) is 38.5 Å². The van der Waals surface area contributed by atoms with Crippen LogP contribution < -0.4 is 10.2 Å². The quantitative estimate of drug-likeness (QED) is 0.647. The lowest BCUT2D eigenvalue weighted by molar-refractivity contribution is -0.128. The molecule has 2 rings (SSSR count). The van der Waals surface area contributed by atoms with Crippen molar-refractivity contribution in [2.75, 3.05) is 51.8 Å². The van der Waals surface area contributed by atoms with E-state index in [2.05, 4.69) is 5.32 Å². The fraction of sp³-hybridized carbons (Fsp3) is 0.556. The van der Waals surface area contributed by atoms with Crippen LogP contribution in [-0.4, -0.2) is 77.6 Å². The van der Waals surface area contributed by atoms with Crippen LogP contribution in [-0.2, 0) is 24.3 Å². The lowest BCUT2D eigenvalue weighted by Crippen LogP contribution is -2.38. The maximum Gasteiger partial charge on any atom is 0.341 e. The van der Waals surface area contributed by atoms with Gasteiger partial charge >= 0.3 is 5.97 Å². The van der Waals surface area contributed by atoms with Crippen molar-refractivity contribution in [1.29, 1.82) is 0 Å². The van der Waals surface area contributed by atoms with Gasteiger partial charge < -0.3 is 19.7 Å². The van der Waals surface area contributed by atoms with Gasteiger partial charge in [0.2, 0.25) is 10.0 Å². The molecule has 1 aromatic carbocycles. The molecular formula is C18H27N3O6S. The highest BCUT2D eigenvalue weighted by Gasteiger charge is 2.27. The van der Waals surface area contributed by atoms with Crippen molar-refractivity contribution in [3.8, 4) is 0 Å². The Morgan fingerprint density at radius 2 is 1.93 bits per heavy atom. The van der Waals surface area contributed by atoms with Crippen LogP contribution in [0.4, 0.5) is 5.69 Å². The third-order valence-electron chi connectivity index (χ3n) is 4.32. The molecule has 0 unspecified atom stereocenters. The van der Waals surface area contributed by atoms with Gasteiger partial charge in [-0.3, -0.25) is 4.79 Å². The average Bonchev–Trinajstić information content (AvgIpc) is 2.68. The molecule has 1 aliphatic rings. The van der Waals surface area contributed by atoms with E-state index >= 15 is 0 Å². The average molecular weight is 413 g/mol. The molecule has 0 bridgehead atoms. The largest absolute Gasteiger partial charge is 0.449 e. The summed E-state index contributed by atoms with van der Waals surface area (Å²) >= 11 is 0. The number of hydrogen-bond donors (Lipinski definition) is 1. The van der Waals surface area contributed by atoms with Crippen molar-refractivity contribution >= 4 is 27.6 Å². The molecule has 0 radical (unpaired) electrons. The van der Waals surface area contributed by atoms with Crippen LogP contribution in [0.1, 0.15) is 24.2 Å². The summed E-state index contributed by atoms with van der Waals surface area (Å²) in [5, 5.41) is 2.59. The first-order valence-electron chi connectivity index (χ1n) is 9.06. The summed E-state index contributed by atoms with van der Waals surface area (Å²) in [4.78, 5) is 26.6. The SMILES string of the molecule is CCNC(=O)[C@H](C)OC(=O)c1cc(S(=O)(=O)N(C)C)ccc1N1CCOCC1. The van der Waals surface area contributed by atoms with Crippen LogP contribution in [0.15, 0.2) is 23.1 Å². The van der Waals surface area contributed by atoms with E-state index in [1.165, 1.54) is 33.2 Å². The second-order valence-corrected chi connectivity index (χ2v) is 8.66. The van der Waals surface area contributed by atoms with Crippen molar-refractivity contribution < 1.29 is 27.5 Å². The summed E-state index contributed by atoms with van der Waals surface area (Å²) in [6.07, 6.45) is -1.00. The maximum absolute atomic E-state index is 12.8. The number of carbonyl (C=O) groups excluding carboxylic acids is 2. The van der Waals surface area contributed by atoms with Gasteiger partial charge in [-0.25, -0.2) is 17.5 Å². The summed E-state index contributed by atoms with van der Waals surface area (Å²) in [6, 6.07) is 4.35. The monoisotopic (exact) mass is 413 g/mol. The van der Waals surface area contributed by atoms with Gasteiger partial charge in [-0.15, -0.1) is 0 Å². The van der Waals surface area contributed by atoms with E-state index in [1.54, 1.807) is 13.0 Å². The molecule has 1 fully saturated rings. The van der Waals surface area contributed by atoms with E-state index in [0.717, 1.165) is 4.31 Å². The first-order chi connectivity index (χ1) is 13.2. The Balaban J connectivity index is 2.41. The number of benzene rings is 1. The molecule has 1 amide bonds. The van der Waals surface area contributed by atoms with Gasteiger partial charge in [-0.2, -0.15) is 0 Å². The number of likely N-dealkylation sites (N-methyl/N-ethyl adjacent to an activating group) is 1. The van der Waals surface area contributed by atoms with Gasteiger partial charge in [0, 0.05) is 33.7 Å². The summed E-state index contributed by atoms with van der Waals surface area (Å²) in [6.45, 7) is 5.77. The van der Waals surface area contributed by atoms with Gasteiger partial charge in [-0.1, -0.05) is 0 Å². The van der Waals surface area contributed by atoms with Crippen molar-refractivity contribution in [1.82, 2.24) is 9.62 Å². The predicted octanol–water partition coefficient (Wildman–Crippen LogP) is 0.455. The van der Waals surface area contributed by atoms with Crippen molar-refractivity contribution in [2.45, 2.75) is 24.8 Å². The summed E-state index contributed by atoms with van der Waals surface area (Å²) < 4.78 is 36.7. The molecule has 156 valence electrons. The summed E-state index contributed by atoms with van der Waals surface area (Å²) in [5.74, 6) is -1.17. The molecule has 0 aromatic heterocycles. The molecule has 0 saturated carbocycles. The molecule has 1 atom stereocenters.